The number of carbonyl (C=O) groups excluding carboxylic acids is 1. The molecule has 1 saturated heterocycles. The van der Waals surface area contributed by atoms with E-state index < -0.39 is 0 Å². The van der Waals surface area contributed by atoms with E-state index in [-0.39, 0.29) is 11.7 Å². The molecule has 6 heteroatoms. The Balaban J connectivity index is 1.39. The van der Waals surface area contributed by atoms with Crippen LogP contribution in [0.3, 0.4) is 0 Å². The molecule has 1 aromatic heterocycles. The summed E-state index contributed by atoms with van der Waals surface area (Å²) in [5.41, 5.74) is 2.16. The molecule has 28 heavy (non-hydrogen) atoms. The number of nitrogens with one attached hydrogen (secondary N) is 2. The fourth-order valence-electron chi connectivity index (χ4n) is 3.81. The summed E-state index contributed by atoms with van der Waals surface area (Å²) in [7, 11) is 1.58. The van der Waals surface area contributed by atoms with E-state index in [1.165, 1.54) is 6.07 Å². The zero-order valence-corrected chi connectivity index (χ0v) is 16.1. The Morgan fingerprint density at radius 1 is 1.32 bits per heavy atom. The molecule has 1 atom stereocenters. The van der Waals surface area contributed by atoms with Crippen LogP contribution in [-0.2, 0) is 0 Å². The lowest BCUT2D eigenvalue weighted by molar-refractivity contribution is 0.0784. The number of halogens is 1. The molecule has 1 aliphatic rings. The van der Waals surface area contributed by atoms with Crippen molar-refractivity contribution in [3.05, 3.63) is 59.4 Å². The van der Waals surface area contributed by atoms with Crippen LogP contribution in [0.2, 0.25) is 0 Å². The Morgan fingerprint density at radius 2 is 2.18 bits per heavy atom. The van der Waals surface area contributed by atoms with Crippen LogP contribution in [-0.4, -0.2) is 42.5 Å². The number of aromatic amines is 1. The molecule has 2 aromatic carbocycles. The maximum absolute atomic E-state index is 13.8. The van der Waals surface area contributed by atoms with Gasteiger partial charge in [-0.05, 0) is 43.5 Å². The molecule has 5 nitrogen and oxygen atoms in total. The molecule has 1 aliphatic heterocycles. The number of H-pyrrole nitrogens is 1. The molecule has 0 aliphatic carbocycles. The van der Waals surface area contributed by atoms with Crippen molar-refractivity contribution >= 4 is 22.6 Å². The van der Waals surface area contributed by atoms with Gasteiger partial charge in [0.05, 0.1) is 18.2 Å². The van der Waals surface area contributed by atoms with Crippen molar-refractivity contribution in [1.29, 1.82) is 0 Å². The van der Waals surface area contributed by atoms with Crippen LogP contribution in [0, 0.1) is 18.7 Å². The van der Waals surface area contributed by atoms with Gasteiger partial charge in [-0.25, -0.2) is 4.39 Å². The van der Waals surface area contributed by atoms with Gasteiger partial charge < -0.3 is 19.9 Å². The second kappa shape index (κ2) is 7.54. The molecular formula is C22H24FN3O2. The second-order valence-electron chi connectivity index (χ2n) is 7.38. The molecule has 2 N–H and O–H groups in total. The van der Waals surface area contributed by atoms with Crippen molar-refractivity contribution < 1.29 is 13.9 Å². The Hall–Kier alpha value is -3.02. The number of hydrogen-bond donors (Lipinski definition) is 2. The molecule has 3 aromatic rings. The standard InChI is InChI=1S/C22H24FN3O2/c1-14-6-7-19(28-2)17(10-14)22(27)26-9-8-15(13-26)12-24-20-11-16-4-3-5-18(23)21(16)25-20/h3-7,10-11,15,24-25H,8-9,12-13H2,1-2H3/t15-/m0/s1. The summed E-state index contributed by atoms with van der Waals surface area (Å²) in [6.07, 6.45) is 0.932. The van der Waals surface area contributed by atoms with E-state index >= 15 is 0 Å². The summed E-state index contributed by atoms with van der Waals surface area (Å²) in [5, 5.41) is 4.19. The van der Waals surface area contributed by atoms with Gasteiger partial charge in [0.25, 0.3) is 5.91 Å². The van der Waals surface area contributed by atoms with Crippen LogP contribution in [0.5, 0.6) is 5.75 Å². The first-order chi connectivity index (χ1) is 13.5. The van der Waals surface area contributed by atoms with Crippen molar-refractivity contribution in [2.45, 2.75) is 13.3 Å². The molecule has 0 unspecified atom stereocenters. The number of amides is 1. The Morgan fingerprint density at radius 3 is 2.96 bits per heavy atom. The molecule has 146 valence electrons. The first kappa shape index (κ1) is 18.3. The number of ether oxygens (including phenoxy) is 1. The number of fused-ring (bicyclic) bond motifs is 1. The van der Waals surface area contributed by atoms with Crippen molar-refractivity contribution in [1.82, 2.24) is 9.88 Å². The number of aryl methyl sites for hydroxylation is 1. The van der Waals surface area contributed by atoms with Crippen LogP contribution in [0.25, 0.3) is 10.9 Å². The van der Waals surface area contributed by atoms with Crippen LogP contribution < -0.4 is 10.1 Å². The first-order valence-electron chi connectivity index (χ1n) is 9.50. The lowest BCUT2D eigenvalue weighted by Gasteiger charge is -2.19. The summed E-state index contributed by atoms with van der Waals surface area (Å²) < 4.78 is 19.2. The smallest absolute Gasteiger partial charge is 0.257 e. The maximum Gasteiger partial charge on any atom is 0.257 e. The molecule has 0 bridgehead atoms. The maximum atomic E-state index is 13.8. The van der Waals surface area contributed by atoms with E-state index in [2.05, 4.69) is 10.3 Å². The summed E-state index contributed by atoms with van der Waals surface area (Å²) in [6.45, 7) is 4.11. The predicted octanol–water partition coefficient (Wildman–Crippen LogP) is 4.20. The highest BCUT2D eigenvalue weighted by Gasteiger charge is 2.28. The number of rotatable bonds is 5. The summed E-state index contributed by atoms with van der Waals surface area (Å²) in [5.74, 6) is 1.50. The Labute approximate surface area is 163 Å². The minimum absolute atomic E-state index is 0.00994. The SMILES string of the molecule is COc1ccc(C)cc1C(=O)N1CC[C@@H](CNc2cc3cccc(F)c3[nH]2)C1. The van der Waals surface area contributed by atoms with Gasteiger partial charge >= 0.3 is 0 Å². The van der Waals surface area contributed by atoms with Crippen LogP contribution in [0.1, 0.15) is 22.3 Å². The number of nitrogens with zero attached hydrogens (tertiary/aromatic N) is 1. The third-order valence-electron chi connectivity index (χ3n) is 5.34. The molecule has 0 spiro atoms. The zero-order chi connectivity index (χ0) is 19.7. The molecule has 1 fully saturated rings. The summed E-state index contributed by atoms with van der Waals surface area (Å²) in [6, 6.07) is 12.6. The monoisotopic (exact) mass is 381 g/mol. The van der Waals surface area contributed by atoms with Crippen molar-refractivity contribution in [2.75, 3.05) is 32.1 Å². The van der Waals surface area contributed by atoms with E-state index in [4.69, 9.17) is 4.74 Å². The van der Waals surface area contributed by atoms with E-state index in [9.17, 15) is 9.18 Å². The summed E-state index contributed by atoms with van der Waals surface area (Å²) >= 11 is 0. The van der Waals surface area contributed by atoms with Crippen LogP contribution in [0.4, 0.5) is 10.2 Å². The van der Waals surface area contributed by atoms with Crippen molar-refractivity contribution in [3.8, 4) is 5.75 Å². The molecule has 4 rings (SSSR count). The Bertz CT molecular complexity index is 1010. The van der Waals surface area contributed by atoms with Gasteiger partial charge in [0, 0.05) is 25.0 Å². The van der Waals surface area contributed by atoms with E-state index in [1.807, 2.05) is 42.2 Å². The van der Waals surface area contributed by atoms with Crippen molar-refractivity contribution in [3.63, 3.8) is 0 Å². The van der Waals surface area contributed by atoms with Gasteiger partial charge in [0.2, 0.25) is 0 Å². The minimum Gasteiger partial charge on any atom is -0.496 e. The number of benzene rings is 2. The third kappa shape index (κ3) is 3.54. The molecule has 1 amide bonds. The highest BCUT2D eigenvalue weighted by Crippen LogP contribution is 2.26. The number of carbonyl (C=O) groups is 1. The second-order valence-corrected chi connectivity index (χ2v) is 7.38. The average Bonchev–Trinajstić information content (AvgIpc) is 3.33. The lowest BCUT2D eigenvalue weighted by atomic mass is 10.1. The Kier molecular flexibility index (Phi) is 4.94. The van der Waals surface area contributed by atoms with Gasteiger partial charge in [0.15, 0.2) is 0 Å². The minimum atomic E-state index is -0.254. The lowest BCUT2D eigenvalue weighted by Crippen LogP contribution is -2.30. The van der Waals surface area contributed by atoms with E-state index in [0.717, 1.165) is 36.3 Å². The van der Waals surface area contributed by atoms with Crippen molar-refractivity contribution in [2.24, 2.45) is 5.92 Å². The molecule has 0 saturated carbocycles. The first-order valence-corrected chi connectivity index (χ1v) is 9.50. The number of hydrogen-bond acceptors (Lipinski definition) is 3. The molecular weight excluding hydrogens is 357 g/mol. The van der Waals surface area contributed by atoms with Gasteiger partial charge in [-0.2, -0.15) is 0 Å². The normalized spacial score (nSPS) is 16.5. The number of anilines is 1. The topological polar surface area (TPSA) is 57.4 Å². The predicted molar refractivity (Wildman–Crippen MR) is 108 cm³/mol. The highest BCUT2D eigenvalue weighted by molar-refractivity contribution is 5.97. The molecule has 2 heterocycles. The average molecular weight is 381 g/mol. The fourth-order valence-corrected chi connectivity index (χ4v) is 3.81. The third-order valence-corrected chi connectivity index (χ3v) is 5.34. The summed E-state index contributed by atoms with van der Waals surface area (Å²) in [4.78, 5) is 17.9. The largest absolute Gasteiger partial charge is 0.496 e. The number of para-hydroxylation sites is 1. The van der Waals surface area contributed by atoms with E-state index in [0.29, 0.717) is 29.3 Å². The number of likely N-dealkylation sites (tertiary alicyclic amines) is 1. The van der Waals surface area contributed by atoms with Crippen LogP contribution >= 0.6 is 0 Å². The quantitative estimate of drug-likeness (QED) is 0.696. The zero-order valence-electron chi connectivity index (χ0n) is 16.1. The molecule has 0 radical (unpaired) electrons. The van der Waals surface area contributed by atoms with Gasteiger partial charge in [-0.1, -0.05) is 23.8 Å². The number of methoxy groups -OCH3 is 1. The van der Waals surface area contributed by atoms with Gasteiger partial charge in [-0.3, -0.25) is 4.79 Å². The fraction of sp³-hybridized carbons (Fsp3) is 0.318. The van der Waals surface area contributed by atoms with Gasteiger partial charge in [0.1, 0.15) is 17.4 Å². The number of aromatic nitrogens is 1. The van der Waals surface area contributed by atoms with Crippen LogP contribution in [0.15, 0.2) is 42.5 Å². The van der Waals surface area contributed by atoms with E-state index in [1.54, 1.807) is 13.2 Å². The van der Waals surface area contributed by atoms with Gasteiger partial charge in [-0.15, -0.1) is 0 Å². The highest BCUT2D eigenvalue weighted by atomic mass is 19.1.